The minimum Gasteiger partial charge on any atom is -0.340 e. The maximum atomic E-state index is 4.90. The van der Waals surface area contributed by atoms with Crippen molar-refractivity contribution in [1.29, 1.82) is 0 Å². The van der Waals surface area contributed by atoms with E-state index >= 15 is 0 Å². The zero-order valence-corrected chi connectivity index (χ0v) is 9.26. The van der Waals surface area contributed by atoms with Gasteiger partial charge in [0.25, 0.3) is 0 Å². The number of nitrogens with zero attached hydrogens (tertiary/aromatic N) is 4. The molecule has 0 aliphatic rings. The van der Waals surface area contributed by atoms with Crippen LogP contribution in [0.5, 0.6) is 0 Å². The molecule has 6 heteroatoms. The van der Waals surface area contributed by atoms with Crippen molar-refractivity contribution in [2.45, 2.75) is 26.4 Å². The number of hydrogen-bond acceptors (Lipinski definition) is 5. The highest BCUT2D eigenvalue weighted by Gasteiger charge is 2.01. The standard InChI is InChI=1S/C10H15N5O/c1-2-15-8-12-6-9(15)5-11-4-3-10-13-7-14-16-10/h6-8,11H,2-5H2,1H3. The Bertz CT molecular complexity index is 409. The van der Waals surface area contributed by atoms with Gasteiger partial charge >= 0.3 is 0 Å². The molecule has 0 aliphatic heterocycles. The second kappa shape index (κ2) is 5.41. The second-order valence-electron chi connectivity index (χ2n) is 3.43. The molecule has 6 nitrogen and oxygen atoms in total. The molecule has 2 aromatic rings. The van der Waals surface area contributed by atoms with Crippen molar-refractivity contribution in [3.8, 4) is 0 Å². The first kappa shape index (κ1) is 10.8. The van der Waals surface area contributed by atoms with Gasteiger partial charge in [0, 0.05) is 32.3 Å². The summed E-state index contributed by atoms with van der Waals surface area (Å²) in [6.07, 6.45) is 5.89. The summed E-state index contributed by atoms with van der Waals surface area (Å²) in [5.41, 5.74) is 1.19. The third-order valence-electron chi connectivity index (χ3n) is 2.37. The van der Waals surface area contributed by atoms with E-state index in [0.717, 1.165) is 26.1 Å². The van der Waals surface area contributed by atoms with Crippen LogP contribution in [0.4, 0.5) is 0 Å². The molecule has 0 atom stereocenters. The fraction of sp³-hybridized carbons (Fsp3) is 0.500. The second-order valence-corrected chi connectivity index (χ2v) is 3.43. The van der Waals surface area contributed by atoms with Gasteiger partial charge in [-0.25, -0.2) is 4.98 Å². The Balaban J connectivity index is 1.72. The maximum Gasteiger partial charge on any atom is 0.227 e. The van der Waals surface area contributed by atoms with Crippen LogP contribution in [0.2, 0.25) is 0 Å². The first-order chi connectivity index (χ1) is 7.90. The van der Waals surface area contributed by atoms with E-state index in [2.05, 4.69) is 31.9 Å². The van der Waals surface area contributed by atoms with Crippen molar-refractivity contribution < 1.29 is 4.52 Å². The number of aromatic nitrogens is 4. The van der Waals surface area contributed by atoms with Crippen LogP contribution >= 0.6 is 0 Å². The molecular weight excluding hydrogens is 206 g/mol. The normalized spacial score (nSPS) is 10.8. The first-order valence-electron chi connectivity index (χ1n) is 5.35. The summed E-state index contributed by atoms with van der Waals surface area (Å²) in [6, 6.07) is 0. The Hall–Kier alpha value is -1.69. The number of imidazole rings is 1. The number of nitrogens with one attached hydrogen (secondary N) is 1. The lowest BCUT2D eigenvalue weighted by Crippen LogP contribution is -2.18. The van der Waals surface area contributed by atoms with Crippen LogP contribution in [-0.4, -0.2) is 26.2 Å². The van der Waals surface area contributed by atoms with Crippen molar-refractivity contribution >= 4 is 0 Å². The SMILES string of the molecule is CCn1cncc1CNCCc1ncno1. The highest BCUT2D eigenvalue weighted by molar-refractivity contribution is 4.97. The van der Waals surface area contributed by atoms with Gasteiger partial charge in [0.05, 0.1) is 12.0 Å². The summed E-state index contributed by atoms with van der Waals surface area (Å²) in [5, 5.41) is 6.86. The van der Waals surface area contributed by atoms with E-state index in [0.29, 0.717) is 5.89 Å². The topological polar surface area (TPSA) is 68.8 Å². The third kappa shape index (κ3) is 2.66. The van der Waals surface area contributed by atoms with Crippen LogP contribution in [0, 0.1) is 0 Å². The summed E-state index contributed by atoms with van der Waals surface area (Å²) < 4.78 is 7.01. The quantitative estimate of drug-likeness (QED) is 0.724. The molecule has 0 saturated carbocycles. The molecule has 86 valence electrons. The van der Waals surface area contributed by atoms with Gasteiger partial charge in [-0.3, -0.25) is 0 Å². The van der Waals surface area contributed by atoms with E-state index < -0.39 is 0 Å². The Morgan fingerprint density at radius 2 is 2.44 bits per heavy atom. The Morgan fingerprint density at radius 1 is 1.50 bits per heavy atom. The van der Waals surface area contributed by atoms with Crippen LogP contribution in [0.1, 0.15) is 18.5 Å². The van der Waals surface area contributed by atoms with Gasteiger partial charge in [0.15, 0.2) is 6.33 Å². The Labute approximate surface area is 93.7 Å². The molecule has 0 bridgehead atoms. The fourth-order valence-corrected chi connectivity index (χ4v) is 1.50. The Morgan fingerprint density at radius 3 is 3.19 bits per heavy atom. The zero-order valence-electron chi connectivity index (χ0n) is 9.26. The summed E-state index contributed by atoms with van der Waals surface area (Å²) in [5.74, 6) is 0.663. The minimum atomic E-state index is 0.663. The summed E-state index contributed by atoms with van der Waals surface area (Å²) in [4.78, 5) is 8.05. The van der Waals surface area contributed by atoms with Gasteiger partial charge in [-0.15, -0.1) is 0 Å². The number of rotatable bonds is 6. The van der Waals surface area contributed by atoms with Gasteiger partial charge in [-0.1, -0.05) is 5.16 Å². The van der Waals surface area contributed by atoms with Crippen molar-refractivity contribution in [3.63, 3.8) is 0 Å². The van der Waals surface area contributed by atoms with Crippen LogP contribution in [0.15, 0.2) is 23.4 Å². The molecular formula is C10H15N5O. The molecule has 0 aliphatic carbocycles. The molecule has 0 fully saturated rings. The molecule has 0 aromatic carbocycles. The average Bonchev–Trinajstić information content (AvgIpc) is 2.95. The maximum absolute atomic E-state index is 4.90. The average molecular weight is 221 g/mol. The van der Waals surface area contributed by atoms with E-state index in [4.69, 9.17) is 4.52 Å². The lowest BCUT2D eigenvalue weighted by Gasteiger charge is -2.05. The van der Waals surface area contributed by atoms with Crippen LogP contribution in [0.3, 0.4) is 0 Å². The molecule has 0 radical (unpaired) electrons. The van der Waals surface area contributed by atoms with E-state index in [1.165, 1.54) is 12.0 Å². The Kier molecular flexibility index (Phi) is 3.66. The van der Waals surface area contributed by atoms with Crippen molar-refractivity contribution in [2.75, 3.05) is 6.54 Å². The lowest BCUT2D eigenvalue weighted by atomic mass is 10.4. The number of aryl methyl sites for hydroxylation is 1. The van der Waals surface area contributed by atoms with E-state index in [1.54, 1.807) is 0 Å². The van der Waals surface area contributed by atoms with Crippen molar-refractivity contribution in [1.82, 2.24) is 25.0 Å². The minimum absolute atomic E-state index is 0.663. The van der Waals surface area contributed by atoms with E-state index in [-0.39, 0.29) is 0 Å². The third-order valence-corrected chi connectivity index (χ3v) is 2.37. The van der Waals surface area contributed by atoms with E-state index in [1.807, 2.05) is 12.5 Å². The molecule has 2 aromatic heterocycles. The van der Waals surface area contributed by atoms with Crippen molar-refractivity contribution in [2.24, 2.45) is 0 Å². The van der Waals surface area contributed by atoms with Crippen molar-refractivity contribution in [3.05, 3.63) is 30.4 Å². The van der Waals surface area contributed by atoms with Gasteiger partial charge in [-0.2, -0.15) is 4.98 Å². The first-order valence-corrected chi connectivity index (χ1v) is 5.35. The molecule has 1 N–H and O–H groups in total. The predicted molar refractivity (Wildman–Crippen MR) is 57.6 cm³/mol. The van der Waals surface area contributed by atoms with E-state index in [9.17, 15) is 0 Å². The van der Waals surface area contributed by atoms with Crippen LogP contribution < -0.4 is 5.32 Å². The number of hydrogen-bond donors (Lipinski definition) is 1. The molecule has 0 saturated heterocycles. The predicted octanol–water partition coefficient (Wildman–Crippen LogP) is 0.618. The fourth-order valence-electron chi connectivity index (χ4n) is 1.50. The smallest absolute Gasteiger partial charge is 0.227 e. The van der Waals surface area contributed by atoms with Gasteiger partial charge in [0.1, 0.15) is 0 Å². The highest BCUT2D eigenvalue weighted by Crippen LogP contribution is 1.98. The monoisotopic (exact) mass is 221 g/mol. The molecule has 0 amide bonds. The van der Waals surface area contributed by atoms with Gasteiger partial charge < -0.3 is 14.4 Å². The summed E-state index contributed by atoms with van der Waals surface area (Å²) in [7, 11) is 0. The largest absolute Gasteiger partial charge is 0.340 e. The molecule has 0 unspecified atom stereocenters. The highest BCUT2D eigenvalue weighted by atomic mass is 16.5. The summed E-state index contributed by atoms with van der Waals surface area (Å²) >= 11 is 0. The van der Waals surface area contributed by atoms with Crippen LogP contribution in [0.25, 0.3) is 0 Å². The summed E-state index contributed by atoms with van der Waals surface area (Å²) in [6.45, 7) is 4.67. The molecule has 2 rings (SSSR count). The molecule has 16 heavy (non-hydrogen) atoms. The lowest BCUT2D eigenvalue weighted by molar-refractivity contribution is 0.374. The zero-order chi connectivity index (χ0) is 11.2. The molecule has 0 spiro atoms. The molecule has 2 heterocycles. The van der Waals surface area contributed by atoms with Crippen LogP contribution in [-0.2, 0) is 19.5 Å². The van der Waals surface area contributed by atoms with Gasteiger partial charge in [0.2, 0.25) is 5.89 Å². The van der Waals surface area contributed by atoms with Gasteiger partial charge in [-0.05, 0) is 6.92 Å².